The Morgan fingerprint density at radius 3 is 3.00 bits per heavy atom. The number of ether oxygens (including phenoxy) is 1. The highest BCUT2D eigenvalue weighted by molar-refractivity contribution is 5.94. The van der Waals surface area contributed by atoms with E-state index >= 15 is 0 Å². The Morgan fingerprint density at radius 2 is 2.33 bits per heavy atom. The number of carbonyl (C=O) groups is 1. The lowest BCUT2D eigenvalue weighted by molar-refractivity contribution is -0.126. The van der Waals surface area contributed by atoms with E-state index in [2.05, 4.69) is 5.32 Å². The van der Waals surface area contributed by atoms with Crippen LogP contribution in [-0.2, 0) is 9.53 Å². The second-order valence-corrected chi connectivity index (χ2v) is 4.86. The standard InChI is InChI=1S/C14H20N2O2/c1-10(18-8-7-11-5-6-11)14(17)16-13-4-2-3-12(15)9-13/h2-4,9-11H,5-8,15H2,1H3,(H,16,17). The fourth-order valence-electron chi connectivity index (χ4n) is 1.75. The van der Waals surface area contributed by atoms with Crippen LogP contribution < -0.4 is 11.1 Å². The van der Waals surface area contributed by atoms with E-state index in [1.165, 1.54) is 12.8 Å². The summed E-state index contributed by atoms with van der Waals surface area (Å²) in [6.45, 7) is 2.44. The molecule has 0 aliphatic heterocycles. The van der Waals surface area contributed by atoms with E-state index in [9.17, 15) is 4.79 Å². The molecule has 0 aromatic heterocycles. The van der Waals surface area contributed by atoms with Gasteiger partial charge in [-0.15, -0.1) is 0 Å². The van der Waals surface area contributed by atoms with Gasteiger partial charge in [-0.05, 0) is 37.5 Å². The predicted octanol–water partition coefficient (Wildman–Crippen LogP) is 2.41. The number of nitrogen functional groups attached to an aromatic ring is 1. The van der Waals surface area contributed by atoms with Crippen LogP contribution in [0, 0.1) is 5.92 Å². The van der Waals surface area contributed by atoms with Crippen LogP contribution in [0.1, 0.15) is 26.2 Å². The maximum atomic E-state index is 11.8. The predicted molar refractivity (Wildman–Crippen MR) is 72.2 cm³/mol. The van der Waals surface area contributed by atoms with Gasteiger partial charge in [0.1, 0.15) is 6.10 Å². The normalized spacial score (nSPS) is 16.3. The van der Waals surface area contributed by atoms with Crippen molar-refractivity contribution in [3.05, 3.63) is 24.3 Å². The smallest absolute Gasteiger partial charge is 0.253 e. The molecule has 1 aromatic rings. The van der Waals surface area contributed by atoms with Crippen molar-refractivity contribution in [1.82, 2.24) is 0 Å². The number of hydrogen-bond donors (Lipinski definition) is 2. The second kappa shape index (κ2) is 5.87. The Labute approximate surface area is 108 Å². The van der Waals surface area contributed by atoms with Gasteiger partial charge in [0.15, 0.2) is 0 Å². The Hall–Kier alpha value is -1.55. The first-order chi connectivity index (χ1) is 8.65. The van der Waals surface area contributed by atoms with Crippen molar-refractivity contribution >= 4 is 17.3 Å². The molecule has 4 heteroatoms. The first kappa shape index (κ1) is 12.9. The zero-order valence-corrected chi connectivity index (χ0v) is 10.7. The molecule has 0 bridgehead atoms. The molecule has 4 nitrogen and oxygen atoms in total. The van der Waals surface area contributed by atoms with Gasteiger partial charge in [0.2, 0.25) is 0 Å². The Balaban J connectivity index is 1.75. The SMILES string of the molecule is CC(OCCC1CC1)C(=O)Nc1cccc(N)c1. The van der Waals surface area contributed by atoms with E-state index in [1.807, 2.05) is 12.1 Å². The summed E-state index contributed by atoms with van der Waals surface area (Å²) in [5.41, 5.74) is 6.99. The summed E-state index contributed by atoms with van der Waals surface area (Å²) in [5.74, 6) is 0.700. The average Bonchev–Trinajstić information content (AvgIpc) is 3.13. The number of anilines is 2. The van der Waals surface area contributed by atoms with Crippen LogP contribution in [0.4, 0.5) is 11.4 Å². The van der Waals surface area contributed by atoms with Crippen molar-refractivity contribution < 1.29 is 9.53 Å². The zero-order valence-electron chi connectivity index (χ0n) is 10.7. The van der Waals surface area contributed by atoms with Crippen molar-refractivity contribution in [2.24, 2.45) is 5.92 Å². The maximum absolute atomic E-state index is 11.8. The Kier molecular flexibility index (Phi) is 4.20. The molecule has 0 radical (unpaired) electrons. The summed E-state index contributed by atoms with van der Waals surface area (Å²) in [5, 5.41) is 2.79. The molecule has 2 rings (SSSR count). The number of nitrogens with one attached hydrogen (secondary N) is 1. The number of amides is 1. The molecule has 1 unspecified atom stereocenters. The fraction of sp³-hybridized carbons (Fsp3) is 0.500. The molecule has 1 saturated carbocycles. The number of benzene rings is 1. The molecular weight excluding hydrogens is 228 g/mol. The van der Waals surface area contributed by atoms with Crippen LogP contribution in [0.25, 0.3) is 0 Å². The highest BCUT2D eigenvalue weighted by Gasteiger charge is 2.21. The molecular formula is C14H20N2O2. The van der Waals surface area contributed by atoms with Gasteiger partial charge in [0, 0.05) is 18.0 Å². The van der Waals surface area contributed by atoms with Crippen molar-refractivity contribution in [1.29, 1.82) is 0 Å². The summed E-state index contributed by atoms with van der Waals surface area (Å²) < 4.78 is 5.51. The van der Waals surface area contributed by atoms with E-state index in [1.54, 1.807) is 19.1 Å². The lowest BCUT2D eigenvalue weighted by atomic mass is 10.2. The number of hydrogen-bond acceptors (Lipinski definition) is 3. The van der Waals surface area contributed by atoms with E-state index in [0.717, 1.165) is 12.3 Å². The molecule has 3 N–H and O–H groups in total. The van der Waals surface area contributed by atoms with Crippen LogP contribution in [-0.4, -0.2) is 18.6 Å². The van der Waals surface area contributed by atoms with Crippen molar-refractivity contribution in [3.8, 4) is 0 Å². The van der Waals surface area contributed by atoms with Crippen LogP contribution in [0.3, 0.4) is 0 Å². The maximum Gasteiger partial charge on any atom is 0.253 e. The lowest BCUT2D eigenvalue weighted by Crippen LogP contribution is -2.28. The van der Waals surface area contributed by atoms with Gasteiger partial charge in [0.25, 0.3) is 5.91 Å². The summed E-state index contributed by atoms with van der Waals surface area (Å²) in [6, 6.07) is 7.13. The third kappa shape index (κ3) is 4.04. The van der Waals surface area contributed by atoms with E-state index in [4.69, 9.17) is 10.5 Å². The molecule has 0 saturated heterocycles. The summed E-state index contributed by atoms with van der Waals surface area (Å²) in [6.07, 6.45) is 3.27. The van der Waals surface area contributed by atoms with Crippen LogP contribution >= 0.6 is 0 Å². The number of nitrogens with two attached hydrogens (primary N) is 1. The third-order valence-electron chi connectivity index (χ3n) is 3.11. The van der Waals surface area contributed by atoms with Crippen LogP contribution in [0.5, 0.6) is 0 Å². The minimum absolute atomic E-state index is 0.128. The Bertz CT molecular complexity index is 416. The van der Waals surface area contributed by atoms with Crippen molar-refractivity contribution in [2.45, 2.75) is 32.3 Å². The topological polar surface area (TPSA) is 64.3 Å². The molecule has 0 heterocycles. The second-order valence-electron chi connectivity index (χ2n) is 4.86. The quantitative estimate of drug-likeness (QED) is 0.760. The molecule has 1 atom stereocenters. The molecule has 0 spiro atoms. The van der Waals surface area contributed by atoms with Crippen molar-refractivity contribution in [3.63, 3.8) is 0 Å². The minimum atomic E-state index is -0.426. The largest absolute Gasteiger partial charge is 0.399 e. The van der Waals surface area contributed by atoms with E-state index < -0.39 is 6.10 Å². The molecule has 1 aromatic carbocycles. The monoisotopic (exact) mass is 248 g/mol. The zero-order chi connectivity index (χ0) is 13.0. The summed E-state index contributed by atoms with van der Waals surface area (Å²) >= 11 is 0. The van der Waals surface area contributed by atoms with Crippen LogP contribution in [0.2, 0.25) is 0 Å². The first-order valence-corrected chi connectivity index (χ1v) is 6.43. The van der Waals surface area contributed by atoms with Gasteiger partial charge in [-0.25, -0.2) is 0 Å². The molecule has 1 amide bonds. The fourth-order valence-corrected chi connectivity index (χ4v) is 1.75. The van der Waals surface area contributed by atoms with Crippen molar-refractivity contribution in [2.75, 3.05) is 17.7 Å². The summed E-state index contributed by atoms with van der Waals surface area (Å²) in [7, 11) is 0. The lowest BCUT2D eigenvalue weighted by Gasteiger charge is -2.13. The highest BCUT2D eigenvalue weighted by Crippen LogP contribution is 2.32. The van der Waals surface area contributed by atoms with Crippen LogP contribution in [0.15, 0.2) is 24.3 Å². The molecule has 1 aliphatic rings. The van der Waals surface area contributed by atoms with Gasteiger partial charge in [-0.2, -0.15) is 0 Å². The molecule has 98 valence electrons. The molecule has 1 aliphatic carbocycles. The van der Waals surface area contributed by atoms with Gasteiger partial charge in [-0.3, -0.25) is 4.79 Å². The van der Waals surface area contributed by atoms with E-state index in [-0.39, 0.29) is 5.91 Å². The minimum Gasteiger partial charge on any atom is -0.399 e. The summed E-state index contributed by atoms with van der Waals surface area (Å²) in [4.78, 5) is 11.8. The van der Waals surface area contributed by atoms with Gasteiger partial charge >= 0.3 is 0 Å². The average molecular weight is 248 g/mol. The molecule has 18 heavy (non-hydrogen) atoms. The van der Waals surface area contributed by atoms with Gasteiger partial charge in [-0.1, -0.05) is 18.9 Å². The Morgan fingerprint density at radius 1 is 1.56 bits per heavy atom. The van der Waals surface area contributed by atoms with Gasteiger partial charge in [0.05, 0.1) is 0 Å². The highest BCUT2D eigenvalue weighted by atomic mass is 16.5. The van der Waals surface area contributed by atoms with Gasteiger partial charge < -0.3 is 15.8 Å². The third-order valence-corrected chi connectivity index (χ3v) is 3.11. The van der Waals surface area contributed by atoms with E-state index in [0.29, 0.717) is 18.0 Å². The first-order valence-electron chi connectivity index (χ1n) is 6.43. The number of carbonyl (C=O) groups excluding carboxylic acids is 1. The number of rotatable bonds is 6. The molecule has 1 fully saturated rings.